The van der Waals surface area contributed by atoms with Crippen molar-refractivity contribution in [3.63, 3.8) is 0 Å². The molecule has 0 aliphatic carbocycles. The molecule has 0 spiro atoms. The number of hydrogen-bond acceptors (Lipinski definition) is 4. The monoisotopic (exact) mass is 479 g/mol. The molecule has 1 fully saturated rings. The van der Waals surface area contributed by atoms with E-state index in [0.717, 1.165) is 35.4 Å². The van der Waals surface area contributed by atoms with Gasteiger partial charge in [-0.15, -0.1) is 0 Å². The molecule has 6 nitrogen and oxygen atoms in total. The number of carbonyl (C=O) groups excluding carboxylic acids is 1. The maximum atomic E-state index is 13.3. The Labute approximate surface area is 210 Å². The molecule has 6 heteroatoms. The van der Waals surface area contributed by atoms with E-state index in [9.17, 15) is 9.59 Å². The van der Waals surface area contributed by atoms with Gasteiger partial charge in [0.25, 0.3) is 5.91 Å². The Morgan fingerprint density at radius 3 is 2.39 bits per heavy atom. The number of unbranched alkanes of at least 4 members (excludes halogenated alkanes) is 1. The number of rotatable bonds is 8. The highest BCUT2D eigenvalue weighted by atomic mass is 16.4. The van der Waals surface area contributed by atoms with Crippen LogP contribution in [0.5, 0.6) is 0 Å². The van der Waals surface area contributed by atoms with Crippen LogP contribution in [0.4, 0.5) is 0 Å². The molecule has 1 atom stereocenters. The Kier molecular flexibility index (Phi) is 7.03. The number of nitrogens with zero attached hydrogens (tertiary/aromatic N) is 3. The van der Waals surface area contributed by atoms with Crippen LogP contribution in [0, 0.1) is 0 Å². The van der Waals surface area contributed by atoms with Crippen molar-refractivity contribution in [1.82, 2.24) is 14.9 Å². The molecule has 0 bridgehead atoms. The van der Waals surface area contributed by atoms with Gasteiger partial charge in [0.05, 0.1) is 22.4 Å². The molecule has 0 radical (unpaired) electrons. The van der Waals surface area contributed by atoms with E-state index in [1.807, 2.05) is 71.6 Å². The fraction of sp³-hybridized carbons (Fsp3) is 0.267. The van der Waals surface area contributed by atoms with Crippen molar-refractivity contribution in [2.45, 2.75) is 38.0 Å². The van der Waals surface area contributed by atoms with Crippen LogP contribution in [0.25, 0.3) is 22.3 Å². The highest BCUT2D eigenvalue weighted by Crippen LogP contribution is 2.29. The number of aryl methyl sites for hydroxylation is 1. The third-order valence-electron chi connectivity index (χ3n) is 6.83. The first kappa shape index (κ1) is 23.7. The Bertz CT molecular complexity index is 1370. The topological polar surface area (TPSA) is 83.4 Å². The predicted octanol–water partition coefficient (Wildman–Crippen LogP) is 5.72. The van der Waals surface area contributed by atoms with E-state index in [1.54, 1.807) is 0 Å². The first-order valence-corrected chi connectivity index (χ1v) is 12.5. The summed E-state index contributed by atoms with van der Waals surface area (Å²) in [7, 11) is 0. The SMILES string of the molecule is O=C(O)CCCCc1nc2cc(C(=O)N3CC[C@@H](c4ccccc4)C3)ccc2nc1-c1ccccc1. The number of aliphatic carboxylic acids is 1. The smallest absolute Gasteiger partial charge is 0.303 e. The molecule has 1 N–H and O–H groups in total. The van der Waals surface area contributed by atoms with E-state index >= 15 is 0 Å². The number of aromatic nitrogens is 2. The highest BCUT2D eigenvalue weighted by molar-refractivity contribution is 5.97. The standard InChI is InChI=1S/C30H29N3O3/c34-28(35)14-8-7-13-26-29(22-11-5-2-6-12-22)32-25-16-15-23(19-27(25)31-26)30(36)33-18-17-24(20-33)21-9-3-1-4-10-21/h1-6,9-12,15-16,19,24H,7-8,13-14,17-18,20H2,(H,34,35)/t24-/m1/s1. The fourth-order valence-corrected chi connectivity index (χ4v) is 4.92. The van der Waals surface area contributed by atoms with E-state index in [-0.39, 0.29) is 12.3 Å². The molecule has 0 saturated carbocycles. The molecule has 4 aromatic rings. The van der Waals surface area contributed by atoms with Gasteiger partial charge in [0.15, 0.2) is 0 Å². The van der Waals surface area contributed by atoms with Crippen LogP contribution in [0.1, 0.15) is 53.2 Å². The van der Waals surface area contributed by atoms with Gasteiger partial charge < -0.3 is 10.0 Å². The van der Waals surface area contributed by atoms with Gasteiger partial charge in [-0.2, -0.15) is 0 Å². The van der Waals surface area contributed by atoms with Gasteiger partial charge in [-0.25, -0.2) is 9.97 Å². The number of likely N-dealkylation sites (tertiary alicyclic amines) is 1. The molecular formula is C30H29N3O3. The maximum Gasteiger partial charge on any atom is 0.303 e. The van der Waals surface area contributed by atoms with E-state index < -0.39 is 5.97 Å². The quantitative estimate of drug-likeness (QED) is 0.327. The Balaban J connectivity index is 1.40. The Hall–Kier alpha value is -4.06. The van der Waals surface area contributed by atoms with Crippen molar-refractivity contribution < 1.29 is 14.7 Å². The molecule has 1 saturated heterocycles. The normalized spacial score (nSPS) is 15.3. The van der Waals surface area contributed by atoms with Gasteiger partial charge in [-0.1, -0.05) is 60.7 Å². The molecule has 2 heterocycles. The second kappa shape index (κ2) is 10.7. The minimum absolute atomic E-state index is 0.0206. The lowest BCUT2D eigenvalue weighted by Crippen LogP contribution is -2.28. The minimum Gasteiger partial charge on any atom is -0.481 e. The molecule has 3 aromatic carbocycles. The largest absolute Gasteiger partial charge is 0.481 e. The average molecular weight is 480 g/mol. The number of benzene rings is 3. The zero-order valence-corrected chi connectivity index (χ0v) is 20.1. The highest BCUT2D eigenvalue weighted by Gasteiger charge is 2.28. The average Bonchev–Trinajstić information content (AvgIpc) is 3.41. The second-order valence-corrected chi connectivity index (χ2v) is 9.34. The number of carboxylic acids is 1. The van der Waals surface area contributed by atoms with Gasteiger partial charge in [0, 0.05) is 36.6 Å². The molecule has 1 aromatic heterocycles. The van der Waals surface area contributed by atoms with Gasteiger partial charge in [0.2, 0.25) is 0 Å². The second-order valence-electron chi connectivity index (χ2n) is 9.34. The van der Waals surface area contributed by atoms with Crippen molar-refractivity contribution in [3.8, 4) is 11.3 Å². The number of hydrogen-bond donors (Lipinski definition) is 1. The zero-order valence-electron chi connectivity index (χ0n) is 20.1. The first-order chi connectivity index (χ1) is 17.6. The van der Waals surface area contributed by atoms with E-state index in [0.29, 0.717) is 42.8 Å². The van der Waals surface area contributed by atoms with Crippen LogP contribution in [-0.2, 0) is 11.2 Å². The number of amides is 1. The summed E-state index contributed by atoms with van der Waals surface area (Å²) in [5, 5.41) is 8.97. The van der Waals surface area contributed by atoms with Crippen LogP contribution in [0.2, 0.25) is 0 Å². The summed E-state index contributed by atoms with van der Waals surface area (Å²) in [6, 6.07) is 25.8. The summed E-state index contributed by atoms with van der Waals surface area (Å²) in [6.07, 6.45) is 3.02. The lowest BCUT2D eigenvalue weighted by Gasteiger charge is -2.17. The molecule has 1 amide bonds. The van der Waals surface area contributed by atoms with E-state index in [1.165, 1.54) is 5.56 Å². The van der Waals surface area contributed by atoms with Crippen LogP contribution in [-0.4, -0.2) is 44.9 Å². The summed E-state index contributed by atoms with van der Waals surface area (Å²) in [4.78, 5) is 36.0. The van der Waals surface area contributed by atoms with Gasteiger partial charge in [0.1, 0.15) is 0 Å². The van der Waals surface area contributed by atoms with Crippen molar-refractivity contribution in [3.05, 3.63) is 95.7 Å². The van der Waals surface area contributed by atoms with Crippen LogP contribution >= 0.6 is 0 Å². The minimum atomic E-state index is -0.789. The van der Waals surface area contributed by atoms with Crippen molar-refractivity contribution in [2.24, 2.45) is 0 Å². The summed E-state index contributed by atoms with van der Waals surface area (Å²) >= 11 is 0. The molecule has 5 rings (SSSR count). The van der Waals surface area contributed by atoms with Crippen molar-refractivity contribution in [2.75, 3.05) is 13.1 Å². The van der Waals surface area contributed by atoms with E-state index in [4.69, 9.17) is 15.1 Å². The van der Waals surface area contributed by atoms with Crippen LogP contribution < -0.4 is 0 Å². The van der Waals surface area contributed by atoms with Crippen molar-refractivity contribution in [1.29, 1.82) is 0 Å². The lowest BCUT2D eigenvalue weighted by molar-refractivity contribution is -0.137. The summed E-state index contributed by atoms with van der Waals surface area (Å²) in [5.74, 6) is -0.407. The third kappa shape index (κ3) is 5.28. The summed E-state index contributed by atoms with van der Waals surface area (Å²) in [6.45, 7) is 1.46. The van der Waals surface area contributed by atoms with Gasteiger partial charge in [-0.05, 0) is 49.4 Å². The maximum absolute atomic E-state index is 13.3. The Morgan fingerprint density at radius 1 is 0.889 bits per heavy atom. The van der Waals surface area contributed by atoms with Crippen LogP contribution in [0.15, 0.2) is 78.9 Å². The molecule has 0 unspecified atom stereocenters. The zero-order chi connectivity index (χ0) is 24.9. The molecule has 36 heavy (non-hydrogen) atoms. The van der Waals surface area contributed by atoms with E-state index in [2.05, 4.69) is 12.1 Å². The van der Waals surface area contributed by atoms with Crippen molar-refractivity contribution >= 4 is 22.9 Å². The predicted molar refractivity (Wildman–Crippen MR) is 140 cm³/mol. The van der Waals surface area contributed by atoms with Gasteiger partial charge in [-0.3, -0.25) is 9.59 Å². The fourth-order valence-electron chi connectivity index (χ4n) is 4.92. The third-order valence-corrected chi connectivity index (χ3v) is 6.83. The molecule has 182 valence electrons. The Morgan fingerprint density at radius 2 is 1.64 bits per heavy atom. The van der Waals surface area contributed by atoms with Crippen LogP contribution in [0.3, 0.4) is 0 Å². The number of carbonyl (C=O) groups is 2. The number of carboxylic acid groups (broad SMARTS) is 1. The lowest BCUT2D eigenvalue weighted by atomic mass is 9.99. The first-order valence-electron chi connectivity index (χ1n) is 12.5. The number of fused-ring (bicyclic) bond motifs is 1. The van der Waals surface area contributed by atoms with Gasteiger partial charge >= 0.3 is 5.97 Å². The summed E-state index contributed by atoms with van der Waals surface area (Å²) < 4.78 is 0. The molecule has 1 aliphatic rings. The molecular weight excluding hydrogens is 450 g/mol. The molecule has 1 aliphatic heterocycles. The summed E-state index contributed by atoms with van der Waals surface area (Å²) in [5.41, 5.74) is 5.94.